The molecule has 10 heteroatoms. The van der Waals surface area contributed by atoms with Crippen molar-refractivity contribution >= 4 is 23.4 Å². The van der Waals surface area contributed by atoms with Crippen molar-refractivity contribution in [3.63, 3.8) is 0 Å². The van der Waals surface area contributed by atoms with Crippen molar-refractivity contribution in [2.45, 2.75) is 33.1 Å². The molecule has 5 N–H and O–H groups in total. The maximum atomic E-state index is 11.8. The third-order valence-electron chi connectivity index (χ3n) is 5.18. The van der Waals surface area contributed by atoms with Gasteiger partial charge < -0.3 is 25.9 Å². The minimum atomic E-state index is -0.135. The Hall–Kier alpha value is -4.31. The van der Waals surface area contributed by atoms with Crippen LogP contribution in [0.25, 0.3) is 11.5 Å². The van der Waals surface area contributed by atoms with Crippen molar-refractivity contribution in [3.05, 3.63) is 77.3 Å². The van der Waals surface area contributed by atoms with Gasteiger partial charge >= 0.3 is 0 Å². The molecule has 2 heterocycles. The molecule has 10 nitrogen and oxygen atoms in total. The number of aliphatic hydroxyl groups excluding tert-OH is 1. The number of rotatable bonds is 7. The van der Waals surface area contributed by atoms with Gasteiger partial charge in [-0.2, -0.15) is 4.98 Å². The van der Waals surface area contributed by atoms with Gasteiger partial charge in [0.25, 0.3) is 11.8 Å². The molecule has 0 saturated heterocycles. The Morgan fingerprint density at radius 1 is 1.14 bits per heavy atom. The van der Waals surface area contributed by atoms with E-state index in [1.165, 1.54) is 11.8 Å². The highest BCUT2D eigenvalue weighted by Gasteiger charge is 2.16. The second-order valence-corrected chi connectivity index (χ2v) is 8.29. The number of nitrogens with two attached hydrogens (primary N) is 1. The maximum absolute atomic E-state index is 11.8. The number of anilines is 3. The van der Waals surface area contributed by atoms with Crippen LogP contribution in [0, 0.1) is 6.92 Å². The number of nitrogens with zero attached hydrogens (tertiary/aromatic N) is 4. The first kappa shape index (κ1) is 26.3. The van der Waals surface area contributed by atoms with Crippen LogP contribution in [0.15, 0.2) is 59.1 Å². The standard InChI is InChI=1S/C18H21N7O2.C8H10O/c1-9(2)16-24-25-17(27-16)13-8-21-18(23-14(13)19)22-11-5-6-12(10(3)7-11)15(26)20-4;9-7-6-8-4-2-1-3-5-8/h5-9H,1-4H3,(H,20,26)(H3,19,21,22,23);1-5,9H,6-7H2. The van der Waals surface area contributed by atoms with E-state index in [1.54, 1.807) is 19.2 Å². The van der Waals surface area contributed by atoms with Crippen molar-refractivity contribution in [3.8, 4) is 11.5 Å². The Morgan fingerprint density at radius 3 is 2.47 bits per heavy atom. The van der Waals surface area contributed by atoms with Gasteiger partial charge in [0.15, 0.2) is 0 Å². The van der Waals surface area contributed by atoms with E-state index < -0.39 is 0 Å². The molecule has 4 aromatic rings. The number of aryl methyl sites for hydroxylation is 1. The number of carbonyl (C=O) groups is 1. The van der Waals surface area contributed by atoms with Gasteiger partial charge in [-0.3, -0.25) is 4.79 Å². The molecule has 1 amide bonds. The molecule has 0 unspecified atom stereocenters. The van der Waals surface area contributed by atoms with Gasteiger partial charge in [-0.05, 0) is 42.7 Å². The predicted octanol–water partition coefficient (Wildman–Crippen LogP) is 3.87. The Morgan fingerprint density at radius 2 is 1.89 bits per heavy atom. The fourth-order valence-electron chi connectivity index (χ4n) is 3.23. The predicted molar refractivity (Wildman–Crippen MR) is 139 cm³/mol. The number of carbonyl (C=O) groups excluding carboxylic acids is 1. The molecule has 0 aliphatic heterocycles. The number of aromatic nitrogens is 4. The number of nitrogens with one attached hydrogen (secondary N) is 2. The van der Waals surface area contributed by atoms with E-state index >= 15 is 0 Å². The number of hydrogen-bond donors (Lipinski definition) is 4. The topological polar surface area (TPSA) is 152 Å². The molecule has 2 aromatic heterocycles. The fourth-order valence-corrected chi connectivity index (χ4v) is 3.23. The second kappa shape index (κ2) is 12.4. The van der Waals surface area contributed by atoms with Crippen LogP contribution in [0.4, 0.5) is 17.5 Å². The summed E-state index contributed by atoms with van der Waals surface area (Å²) >= 11 is 0. The molecule has 0 atom stereocenters. The van der Waals surface area contributed by atoms with Gasteiger partial charge in [-0.15, -0.1) is 10.2 Å². The van der Waals surface area contributed by atoms with Crippen LogP contribution in [0.2, 0.25) is 0 Å². The summed E-state index contributed by atoms with van der Waals surface area (Å²) in [5.74, 6) is 1.35. The van der Waals surface area contributed by atoms with E-state index in [0.717, 1.165) is 17.7 Å². The molecule has 0 saturated carbocycles. The zero-order valence-corrected chi connectivity index (χ0v) is 20.8. The maximum Gasteiger partial charge on any atom is 0.253 e. The summed E-state index contributed by atoms with van der Waals surface area (Å²) in [5.41, 5.74) is 9.88. The lowest BCUT2D eigenvalue weighted by molar-refractivity contribution is 0.0962. The SMILES string of the molecule is CNC(=O)c1ccc(Nc2ncc(-c3nnc(C(C)C)o3)c(N)n2)cc1C.OCCc1ccccc1. The third-order valence-corrected chi connectivity index (χ3v) is 5.18. The van der Waals surface area contributed by atoms with E-state index in [2.05, 4.69) is 30.8 Å². The number of nitrogen functional groups attached to an aromatic ring is 1. The summed E-state index contributed by atoms with van der Waals surface area (Å²) < 4.78 is 5.59. The van der Waals surface area contributed by atoms with Crippen molar-refractivity contribution in [2.24, 2.45) is 0 Å². The van der Waals surface area contributed by atoms with E-state index in [1.807, 2.05) is 57.2 Å². The van der Waals surface area contributed by atoms with Crippen LogP contribution in [0.1, 0.15) is 47.1 Å². The lowest BCUT2D eigenvalue weighted by Crippen LogP contribution is -2.18. The number of aliphatic hydroxyl groups is 1. The molecule has 0 aliphatic carbocycles. The molecule has 4 rings (SSSR count). The van der Waals surface area contributed by atoms with E-state index in [4.69, 9.17) is 15.3 Å². The highest BCUT2D eigenvalue weighted by molar-refractivity contribution is 5.95. The summed E-state index contributed by atoms with van der Waals surface area (Å²) in [4.78, 5) is 20.3. The Bertz CT molecular complexity index is 1290. The van der Waals surface area contributed by atoms with Crippen LogP contribution < -0.4 is 16.4 Å². The van der Waals surface area contributed by atoms with Crippen molar-refractivity contribution < 1.29 is 14.3 Å². The average Bonchev–Trinajstić information content (AvgIpc) is 3.36. The zero-order chi connectivity index (χ0) is 26.1. The summed E-state index contributed by atoms with van der Waals surface area (Å²) in [6.45, 7) is 6.02. The minimum absolute atomic E-state index is 0.121. The average molecular weight is 490 g/mol. The highest BCUT2D eigenvalue weighted by atomic mass is 16.4. The number of amides is 1. The van der Waals surface area contributed by atoms with Crippen LogP contribution in [-0.4, -0.2) is 44.8 Å². The monoisotopic (exact) mass is 489 g/mol. The third kappa shape index (κ3) is 6.86. The number of benzene rings is 2. The summed E-state index contributed by atoms with van der Waals surface area (Å²) in [6.07, 6.45) is 2.30. The molecule has 36 heavy (non-hydrogen) atoms. The van der Waals surface area contributed by atoms with E-state index in [-0.39, 0.29) is 30.1 Å². The van der Waals surface area contributed by atoms with Crippen molar-refractivity contribution in [1.29, 1.82) is 0 Å². The molecular formula is C26H31N7O3. The van der Waals surface area contributed by atoms with Crippen LogP contribution in [0.3, 0.4) is 0 Å². The van der Waals surface area contributed by atoms with E-state index in [9.17, 15) is 4.79 Å². The van der Waals surface area contributed by atoms with Crippen LogP contribution >= 0.6 is 0 Å². The molecule has 0 fully saturated rings. The Balaban J connectivity index is 0.000000338. The van der Waals surface area contributed by atoms with Gasteiger partial charge in [-0.25, -0.2) is 4.98 Å². The quantitative estimate of drug-likeness (QED) is 0.303. The normalized spacial score (nSPS) is 10.5. The number of hydrogen-bond acceptors (Lipinski definition) is 9. The fraction of sp³-hybridized carbons (Fsp3) is 0.269. The first-order chi connectivity index (χ1) is 17.3. The first-order valence-corrected chi connectivity index (χ1v) is 11.5. The van der Waals surface area contributed by atoms with Crippen LogP contribution in [-0.2, 0) is 6.42 Å². The smallest absolute Gasteiger partial charge is 0.253 e. The molecular weight excluding hydrogens is 458 g/mol. The lowest BCUT2D eigenvalue weighted by atomic mass is 10.1. The van der Waals surface area contributed by atoms with E-state index in [0.29, 0.717) is 23.0 Å². The zero-order valence-electron chi connectivity index (χ0n) is 20.8. The Kier molecular flexibility index (Phi) is 9.07. The first-order valence-electron chi connectivity index (χ1n) is 11.5. The summed E-state index contributed by atoms with van der Waals surface area (Å²) in [5, 5.41) is 22.2. The highest BCUT2D eigenvalue weighted by Crippen LogP contribution is 2.26. The molecule has 0 aliphatic rings. The molecule has 2 aromatic carbocycles. The van der Waals surface area contributed by atoms with Crippen LogP contribution in [0.5, 0.6) is 0 Å². The van der Waals surface area contributed by atoms with Gasteiger partial charge in [0.2, 0.25) is 11.8 Å². The molecule has 0 radical (unpaired) electrons. The van der Waals surface area contributed by atoms with Crippen molar-refractivity contribution in [1.82, 2.24) is 25.5 Å². The van der Waals surface area contributed by atoms with Gasteiger partial charge in [0.05, 0.1) is 5.56 Å². The second-order valence-electron chi connectivity index (χ2n) is 8.29. The van der Waals surface area contributed by atoms with Gasteiger partial charge in [0, 0.05) is 37.0 Å². The summed E-state index contributed by atoms with van der Waals surface area (Å²) in [6, 6.07) is 15.3. The lowest BCUT2D eigenvalue weighted by Gasteiger charge is -2.10. The van der Waals surface area contributed by atoms with Gasteiger partial charge in [-0.1, -0.05) is 44.2 Å². The molecule has 0 spiro atoms. The molecule has 188 valence electrons. The molecule has 0 bridgehead atoms. The minimum Gasteiger partial charge on any atom is -0.420 e. The largest absolute Gasteiger partial charge is 0.420 e. The van der Waals surface area contributed by atoms with Crippen molar-refractivity contribution in [2.75, 3.05) is 24.7 Å². The van der Waals surface area contributed by atoms with Gasteiger partial charge in [0.1, 0.15) is 5.82 Å². The summed E-state index contributed by atoms with van der Waals surface area (Å²) in [7, 11) is 1.60. The Labute approximate surface area is 210 Å².